The minimum absolute atomic E-state index is 0.201. The monoisotopic (exact) mass is 275 g/mol. The van der Waals surface area contributed by atoms with Crippen LogP contribution in [0.15, 0.2) is 41.3 Å². The van der Waals surface area contributed by atoms with Crippen molar-refractivity contribution in [2.45, 2.75) is 4.90 Å². The van der Waals surface area contributed by atoms with Gasteiger partial charge in [0.05, 0.1) is 10.7 Å². The maximum atomic E-state index is 11.8. The van der Waals surface area contributed by atoms with Crippen molar-refractivity contribution < 1.29 is 13.3 Å². The Morgan fingerprint density at radius 2 is 1.94 bits per heavy atom. The molecule has 0 saturated heterocycles. The van der Waals surface area contributed by atoms with Gasteiger partial charge in [0.1, 0.15) is 4.90 Å². The highest BCUT2D eigenvalue weighted by Gasteiger charge is 2.23. The van der Waals surface area contributed by atoms with Gasteiger partial charge >= 0.3 is 0 Å². The third-order valence-electron chi connectivity index (χ3n) is 1.97. The second-order valence-electron chi connectivity index (χ2n) is 3.13. The summed E-state index contributed by atoms with van der Waals surface area (Å²) < 4.78 is 23.7. The number of para-hydroxylation sites is 1. The number of sulfone groups is 1. The van der Waals surface area contributed by atoms with Gasteiger partial charge in [0.15, 0.2) is 9.84 Å². The third kappa shape index (κ3) is 3.54. The molecule has 0 aromatic heterocycles. The standard InChI is InChI=1S/C10H10ClNO4S/c11-7-3-4-8-17(15,16)10-6-2-1-5-9(10)12(13)14/h1-6H,7-8H2/b4-3+. The van der Waals surface area contributed by atoms with Gasteiger partial charge in [0.2, 0.25) is 0 Å². The number of nitrogens with zero attached hydrogens (tertiary/aromatic N) is 1. The lowest BCUT2D eigenvalue weighted by Crippen LogP contribution is -2.07. The van der Waals surface area contributed by atoms with E-state index < -0.39 is 20.4 Å². The second kappa shape index (κ2) is 5.79. The van der Waals surface area contributed by atoms with Crippen LogP contribution in [0.25, 0.3) is 0 Å². The molecule has 0 saturated carbocycles. The Bertz CT molecular complexity index is 539. The van der Waals surface area contributed by atoms with Gasteiger partial charge in [-0.05, 0) is 6.07 Å². The molecule has 0 amide bonds. The number of benzene rings is 1. The Morgan fingerprint density at radius 3 is 2.53 bits per heavy atom. The van der Waals surface area contributed by atoms with Crippen LogP contribution >= 0.6 is 11.6 Å². The average molecular weight is 276 g/mol. The van der Waals surface area contributed by atoms with Crippen molar-refractivity contribution in [2.75, 3.05) is 11.6 Å². The summed E-state index contributed by atoms with van der Waals surface area (Å²) in [6, 6.07) is 5.26. The van der Waals surface area contributed by atoms with Crippen LogP contribution in [0.1, 0.15) is 0 Å². The fourth-order valence-corrected chi connectivity index (χ4v) is 2.66. The van der Waals surface area contributed by atoms with Crippen molar-refractivity contribution in [3.8, 4) is 0 Å². The lowest BCUT2D eigenvalue weighted by atomic mass is 10.3. The molecule has 0 bridgehead atoms. The number of halogens is 1. The summed E-state index contributed by atoms with van der Waals surface area (Å²) in [5.41, 5.74) is -0.410. The smallest absolute Gasteiger partial charge is 0.258 e. The van der Waals surface area contributed by atoms with Gasteiger partial charge in [-0.1, -0.05) is 24.3 Å². The lowest BCUT2D eigenvalue weighted by Gasteiger charge is -2.02. The summed E-state index contributed by atoms with van der Waals surface area (Å²) in [6.07, 6.45) is 2.85. The molecule has 0 atom stereocenters. The van der Waals surface area contributed by atoms with Gasteiger partial charge in [0, 0.05) is 11.9 Å². The molecular weight excluding hydrogens is 266 g/mol. The number of rotatable bonds is 5. The molecule has 5 nitrogen and oxygen atoms in total. The SMILES string of the molecule is O=[N+]([O-])c1ccccc1S(=O)(=O)C/C=C/CCl. The molecular formula is C10H10ClNO4S. The first-order valence-electron chi connectivity index (χ1n) is 4.66. The predicted octanol–water partition coefficient (Wildman–Crippen LogP) is 2.16. The molecule has 0 fully saturated rings. The zero-order valence-corrected chi connectivity index (χ0v) is 10.3. The van der Waals surface area contributed by atoms with Crippen molar-refractivity contribution in [2.24, 2.45) is 0 Å². The summed E-state index contributed by atoms with van der Waals surface area (Å²) in [7, 11) is -3.70. The van der Waals surface area contributed by atoms with E-state index in [0.29, 0.717) is 0 Å². The molecule has 1 aromatic rings. The number of nitro groups is 1. The fourth-order valence-electron chi connectivity index (χ4n) is 1.22. The van der Waals surface area contributed by atoms with Crippen LogP contribution in [0.4, 0.5) is 5.69 Å². The first-order chi connectivity index (χ1) is 7.99. The average Bonchev–Trinajstić information content (AvgIpc) is 2.29. The van der Waals surface area contributed by atoms with Gasteiger partial charge < -0.3 is 0 Å². The van der Waals surface area contributed by atoms with E-state index >= 15 is 0 Å². The van der Waals surface area contributed by atoms with E-state index in [2.05, 4.69) is 0 Å². The molecule has 0 radical (unpaired) electrons. The predicted molar refractivity (Wildman–Crippen MR) is 65.0 cm³/mol. The molecule has 0 N–H and O–H groups in total. The van der Waals surface area contributed by atoms with Crippen LogP contribution in [0, 0.1) is 10.1 Å². The molecule has 0 aliphatic rings. The summed E-state index contributed by atoms with van der Waals surface area (Å²) in [5.74, 6) is -0.100. The Kier molecular flexibility index (Phi) is 4.65. The maximum absolute atomic E-state index is 11.8. The van der Waals surface area contributed by atoms with E-state index in [0.717, 1.165) is 6.07 Å². The molecule has 0 aliphatic carbocycles. The highest BCUT2D eigenvalue weighted by molar-refractivity contribution is 7.91. The highest BCUT2D eigenvalue weighted by atomic mass is 35.5. The topological polar surface area (TPSA) is 77.3 Å². The van der Waals surface area contributed by atoms with Crippen LogP contribution in [0.5, 0.6) is 0 Å². The summed E-state index contributed by atoms with van der Waals surface area (Å²) in [6.45, 7) is 0. The van der Waals surface area contributed by atoms with Gasteiger partial charge in [-0.15, -0.1) is 11.6 Å². The molecule has 0 spiro atoms. The Balaban J connectivity index is 3.15. The molecule has 0 unspecified atom stereocenters. The summed E-state index contributed by atoms with van der Waals surface area (Å²) >= 11 is 5.37. The van der Waals surface area contributed by atoms with Crippen LogP contribution in [-0.2, 0) is 9.84 Å². The van der Waals surface area contributed by atoms with Crippen molar-refractivity contribution in [3.05, 3.63) is 46.5 Å². The molecule has 0 aliphatic heterocycles. The molecule has 1 aromatic carbocycles. The Hall–Kier alpha value is -1.40. The van der Waals surface area contributed by atoms with Gasteiger partial charge in [-0.3, -0.25) is 10.1 Å². The van der Waals surface area contributed by atoms with Crippen molar-refractivity contribution >= 4 is 27.1 Å². The number of nitro benzene ring substituents is 1. The van der Waals surface area contributed by atoms with E-state index in [4.69, 9.17) is 11.6 Å². The minimum atomic E-state index is -3.70. The summed E-state index contributed by atoms with van der Waals surface area (Å²) in [5, 5.41) is 10.7. The van der Waals surface area contributed by atoms with Crippen LogP contribution in [-0.4, -0.2) is 25.0 Å². The molecule has 17 heavy (non-hydrogen) atoms. The van der Waals surface area contributed by atoms with Crippen molar-refractivity contribution in [3.63, 3.8) is 0 Å². The Labute approximate surface area is 104 Å². The minimum Gasteiger partial charge on any atom is -0.258 e. The zero-order chi connectivity index (χ0) is 12.9. The van der Waals surface area contributed by atoms with E-state index in [1.807, 2.05) is 0 Å². The van der Waals surface area contributed by atoms with Crippen molar-refractivity contribution in [1.82, 2.24) is 0 Å². The normalized spacial score (nSPS) is 11.8. The van der Waals surface area contributed by atoms with E-state index in [-0.39, 0.29) is 16.5 Å². The summed E-state index contributed by atoms with van der Waals surface area (Å²) in [4.78, 5) is 9.72. The number of hydrogen-bond donors (Lipinski definition) is 0. The van der Waals surface area contributed by atoms with E-state index in [1.54, 1.807) is 0 Å². The molecule has 1 rings (SSSR count). The van der Waals surface area contributed by atoms with E-state index in [9.17, 15) is 18.5 Å². The first-order valence-corrected chi connectivity index (χ1v) is 6.85. The molecule has 92 valence electrons. The zero-order valence-electron chi connectivity index (χ0n) is 8.74. The molecule has 7 heteroatoms. The van der Waals surface area contributed by atoms with Crippen LogP contribution in [0.3, 0.4) is 0 Å². The van der Waals surface area contributed by atoms with Crippen LogP contribution < -0.4 is 0 Å². The van der Waals surface area contributed by atoms with Gasteiger partial charge in [-0.2, -0.15) is 0 Å². The second-order valence-corrected chi connectivity index (χ2v) is 5.44. The van der Waals surface area contributed by atoms with Gasteiger partial charge in [-0.25, -0.2) is 8.42 Å². The lowest BCUT2D eigenvalue weighted by molar-refractivity contribution is -0.387. The number of alkyl halides is 1. The number of hydrogen-bond acceptors (Lipinski definition) is 4. The third-order valence-corrected chi connectivity index (χ3v) is 3.79. The Morgan fingerprint density at radius 1 is 1.29 bits per heavy atom. The van der Waals surface area contributed by atoms with Gasteiger partial charge in [0.25, 0.3) is 5.69 Å². The fraction of sp³-hybridized carbons (Fsp3) is 0.200. The largest absolute Gasteiger partial charge is 0.287 e. The highest BCUT2D eigenvalue weighted by Crippen LogP contribution is 2.23. The maximum Gasteiger partial charge on any atom is 0.287 e. The van der Waals surface area contributed by atoms with E-state index in [1.165, 1.54) is 30.4 Å². The van der Waals surface area contributed by atoms with Crippen molar-refractivity contribution in [1.29, 1.82) is 0 Å². The van der Waals surface area contributed by atoms with Crippen LogP contribution in [0.2, 0.25) is 0 Å². The number of allylic oxidation sites excluding steroid dienone is 1. The quantitative estimate of drug-likeness (QED) is 0.357. The first kappa shape index (κ1) is 13.7. The molecule has 0 heterocycles.